The van der Waals surface area contributed by atoms with Crippen molar-refractivity contribution in [3.05, 3.63) is 70.6 Å². The summed E-state index contributed by atoms with van der Waals surface area (Å²) in [5.74, 6) is -0.167. The Morgan fingerprint density at radius 2 is 1.67 bits per heavy atom. The maximum atomic E-state index is 12.5. The largest absolute Gasteiger partial charge is 0.377 e. The molecular weight excluding hydrogens is 342 g/mol. The van der Waals surface area contributed by atoms with Crippen LogP contribution in [0.2, 0.25) is 0 Å². The van der Waals surface area contributed by atoms with E-state index in [1.54, 1.807) is 4.57 Å². The monoisotopic (exact) mass is 367 g/mol. The summed E-state index contributed by atoms with van der Waals surface area (Å²) in [6.45, 7) is 4.19. The Morgan fingerprint density at radius 3 is 2.37 bits per heavy atom. The molecule has 1 amide bonds. The average Bonchev–Trinajstić information content (AvgIpc) is 2.96. The van der Waals surface area contributed by atoms with Crippen molar-refractivity contribution in [3.63, 3.8) is 0 Å². The number of amides is 1. The standard InChI is InChI=1S/C21H25N3O3/c1-2-23-18-11-6-7-12-19(18)24(21(23)26)15-20(25)22-13-8-14-27-16-17-9-4-3-5-10-17/h3-7,9-12H,2,8,13-16H2,1H3,(H,22,25). The second-order valence-electron chi connectivity index (χ2n) is 6.34. The number of benzene rings is 2. The minimum absolute atomic E-state index is 0.0250. The van der Waals surface area contributed by atoms with Crippen molar-refractivity contribution in [2.75, 3.05) is 13.2 Å². The lowest BCUT2D eigenvalue weighted by atomic mass is 10.2. The lowest BCUT2D eigenvalue weighted by molar-refractivity contribution is -0.121. The SMILES string of the molecule is CCn1c(=O)n(CC(=O)NCCCOCc2ccccc2)c2ccccc21. The van der Waals surface area contributed by atoms with E-state index in [0.29, 0.717) is 26.3 Å². The first-order valence-corrected chi connectivity index (χ1v) is 9.27. The number of hydrogen-bond donors (Lipinski definition) is 1. The van der Waals surface area contributed by atoms with Gasteiger partial charge in [-0.25, -0.2) is 4.79 Å². The van der Waals surface area contributed by atoms with Crippen molar-refractivity contribution in [2.24, 2.45) is 0 Å². The Kier molecular flexibility index (Phi) is 6.44. The number of imidazole rings is 1. The number of carbonyl (C=O) groups is 1. The molecular formula is C21H25N3O3. The Morgan fingerprint density at radius 1 is 1.00 bits per heavy atom. The lowest BCUT2D eigenvalue weighted by Gasteiger charge is -2.07. The topological polar surface area (TPSA) is 65.3 Å². The van der Waals surface area contributed by atoms with Crippen LogP contribution in [0, 0.1) is 0 Å². The van der Waals surface area contributed by atoms with Gasteiger partial charge in [0.15, 0.2) is 0 Å². The van der Waals surface area contributed by atoms with E-state index in [1.807, 2.05) is 61.5 Å². The fraction of sp³-hybridized carbons (Fsp3) is 0.333. The van der Waals surface area contributed by atoms with Gasteiger partial charge >= 0.3 is 5.69 Å². The summed E-state index contributed by atoms with van der Waals surface area (Å²) < 4.78 is 8.81. The zero-order valence-electron chi connectivity index (χ0n) is 15.6. The normalized spacial score (nSPS) is 11.0. The van der Waals surface area contributed by atoms with Gasteiger partial charge in [0.1, 0.15) is 6.54 Å². The van der Waals surface area contributed by atoms with Gasteiger partial charge in [0.05, 0.1) is 17.6 Å². The van der Waals surface area contributed by atoms with E-state index in [0.717, 1.165) is 23.0 Å². The maximum absolute atomic E-state index is 12.5. The minimum Gasteiger partial charge on any atom is -0.377 e. The molecule has 0 bridgehead atoms. The molecule has 2 aromatic carbocycles. The molecule has 0 atom stereocenters. The van der Waals surface area contributed by atoms with Crippen LogP contribution in [0.15, 0.2) is 59.4 Å². The van der Waals surface area contributed by atoms with Crippen molar-refractivity contribution in [2.45, 2.75) is 33.0 Å². The fourth-order valence-electron chi connectivity index (χ4n) is 3.10. The van der Waals surface area contributed by atoms with Crippen molar-refractivity contribution in [1.29, 1.82) is 0 Å². The molecule has 1 aromatic heterocycles. The minimum atomic E-state index is -0.167. The Bertz CT molecular complexity index is 944. The van der Waals surface area contributed by atoms with Gasteiger partial charge in [-0.05, 0) is 31.0 Å². The van der Waals surface area contributed by atoms with E-state index in [4.69, 9.17) is 4.74 Å². The van der Waals surface area contributed by atoms with E-state index in [-0.39, 0.29) is 18.1 Å². The quantitative estimate of drug-likeness (QED) is 0.591. The molecule has 0 unspecified atom stereocenters. The average molecular weight is 367 g/mol. The van der Waals surface area contributed by atoms with Crippen LogP contribution in [0.4, 0.5) is 0 Å². The molecule has 0 aliphatic carbocycles. The third-order valence-electron chi connectivity index (χ3n) is 4.44. The zero-order chi connectivity index (χ0) is 19.1. The van der Waals surface area contributed by atoms with Crippen molar-refractivity contribution < 1.29 is 9.53 Å². The first-order valence-electron chi connectivity index (χ1n) is 9.27. The predicted molar refractivity (Wildman–Crippen MR) is 106 cm³/mol. The van der Waals surface area contributed by atoms with Gasteiger partial charge in [0.2, 0.25) is 5.91 Å². The zero-order valence-corrected chi connectivity index (χ0v) is 15.6. The molecule has 1 N–H and O–H groups in total. The van der Waals surface area contributed by atoms with Crippen LogP contribution in [0.1, 0.15) is 18.9 Å². The van der Waals surface area contributed by atoms with Gasteiger partial charge in [0, 0.05) is 19.7 Å². The number of hydrogen-bond acceptors (Lipinski definition) is 3. The van der Waals surface area contributed by atoms with Gasteiger partial charge in [0.25, 0.3) is 0 Å². The molecule has 0 saturated heterocycles. The highest BCUT2D eigenvalue weighted by Gasteiger charge is 2.13. The third kappa shape index (κ3) is 4.65. The highest BCUT2D eigenvalue weighted by Crippen LogP contribution is 2.12. The Labute approximate surface area is 158 Å². The second kappa shape index (κ2) is 9.19. The summed E-state index contributed by atoms with van der Waals surface area (Å²) in [6.07, 6.45) is 0.726. The molecule has 0 fully saturated rings. The molecule has 6 heteroatoms. The van der Waals surface area contributed by atoms with Gasteiger partial charge in [-0.1, -0.05) is 42.5 Å². The van der Waals surface area contributed by atoms with E-state index >= 15 is 0 Å². The van der Waals surface area contributed by atoms with E-state index in [1.165, 1.54) is 4.57 Å². The molecule has 0 aliphatic heterocycles. The number of ether oxygens (including phenoxy) is 1. The van der Waals surface area contributed by atoms with Gasteiger partial charge in [-0.2, -0.15) is 0 Å². The summed E-state index contributed by atoms with van der Waals surface area (Å²) in [4.78, 5) is 24.8. The highest BCUT2D eigenvalue weighted by molar-refractivity contribution is 5.80. The lowest BCUT2D eigenvalue weighted by Crippen LogP contribution is -2.33. The fourth-order valence-corrected chi connectivity index (χ4v) is 3.10. The molecule has 142 valence electrons. The second-order valence-corrected chi connectivity index (χ2v) is 6.34. The molecule has 6 nitrogen and oxygen atoms in total. The summed E-state index contributed by atoms with van der Waals surface area (Å²) in [5.41, 5.74) is 2.62. The number of fused-ring (bicyclic) bond motifs is 1. The van der Waals surface area contributed by atoms with E-state index in [9.17, 15) is 9.59 Å². The van der Waals surface area contributed by atoms with Crippen molar-refractivity contribution in [3.8, 4) is 0 Å². The van der Waals surface area contributed by atoms with Gasteiger partial charge in [-0.3, -0.25) is 13.9 Å². The van der Waals surface area contributed by atoms with Crippen LogP contribution in [0.3, 0.4) is 0 Å². The summed E-state index contributed by atoms with van der Waals surface area (Å²) in [5, 5.41) is 2.86. The van der Waals surface area contributed by atoms with Crippen LogP contribution in [0.5, 0.6) is 0 Å². The number of nitrogens with zero attached hydrogens (tertiary/aromatic N) is 2. The number of para-hydroxylation sites is 2. The summed E-state index contributed by atoms with van der Waals surface area (Å²) >= 11 is 0. The van der Waals surface area contributed by atoms with Crippen molar-refractivity contribution in [1.82, 2.24) is 14.5 Å². The smallest absolute Gasteiger partial charge is 0.329 e. The maximum Gasteiger partial charge on any atom is 0.329 e. The van der Waals surface area contributed by atoms with Crippen LogP contribution in [0.25, 0.3) is 11.0 Å². The van der Waals surface area contributed by atoms with Gasteiger partial charge < -0.3 is 10.1 Å². The number of aryl methyl sites for hydroxylation is 1. The predicted octanol–water partition coefficient (Wildman–Crippen LogP) is 2.55. The van der Waals surface area contributed by atoms with E-state index in [2.05, 4.69) is 5.32 Å². The third-order valence-corrected chi connectivity index (χ3v) is 4.44. The van der Waals surface area contributed by atoms with Crippen LogP contribution >= 0.6 is 0 Å². The van der Waals surface area contributed by atoms with E-state index < -0.39 is 0 Å². The Balaban J connectivity index is 1.47. The van der Waals surface area contributed by atoms with Crippen LogP contribution in [-0.4, -0.2) is 28.2 Å². The molecule has 3 rings (SSSR count). The van der Waals surface area contributed by atoms with Crippen LogP contribution < -0.4 is 11.0 Å². The summed E-state index contributed by atoms with van der Waals surface area (Å²) in [7, 11) is 0. The molecule has 3 aromatic rings. The number of carbonyl (C=O) groups excluding carboxylic acids is 1. The highest BCUT2D eigenvalue weighted by atomic mass is 16.5. The molecule has 0 radical (unpaired) electrons. The molecule has 0 spiro atoms. The summed E-state index contributed by atoms with van der Waals surface area (Å²) in [6, 6.07) is 17.5. The molecule has 27 heavy (non-hydrogen) atoms. The molecule has 0 aliphatic rings. The number of aromatic nitrogens is 2. The number of rotatable bonds is 9. The first-order chi connectivity index (χ1) is 13.2. The Hall–Kier alpha value is -2.86. The molecule has 1 heterocycles. The van der Waals surface area contributed by atoms with Crippen molar-refractivity contribution >= 4 is 16.9 Å². The molecule has 0 saturated carbocycles. The first kappa shape index (κ1) is 18.9. The number of nitrogens with one attached hydrogen (secondary N) is 1. The van der Waals surface area contributed by atoms with Crippen LogP contribution in [-0.2, 0) is 29.2 Å². The van der Waals surface area contributed by atoms with Gasteiger partial charge in [-0.15, -0.1) is 0 Å².